The van der Waals surface area contributed by atoms with Crippen LogP contribution in [0.2, 0.25) is 0 Å². The molecule has 0 saturated carbocycles. The predicted octanol–water partition coefficient (Wildman–Crippen LogP) is 4.33. The van der Waals surface area contributed by atoms with E-state index in [1.165, 1.54) is 47.6 Å². The van der Waals surface area contributed by atoms with Crippen LogP contribution in [0.5, 0.6) is 5.75 Å². The summed E-state index contributed by atoms with van der Waals surface area (Å²) in [6.45, 7) is 1.63. The molecule has 0 unspecified atom stereocenters. The summed E-state index contributed by atoms with van der Waals surface area (Å²) in [5.41, 5.74) is 1.05. The molecule has 4 rings (SSSR count). The van der Waals surface area contributed by atoms with Crippen molar-refractivity contribution in [1.82, 2.24) is 10.2 Å². The van der Waals surface area contributed by atoms with Crippen LogP contribution < -0.4 is 14.8 Å². The second-order valence-electron chi connectivity index (χ2n) is 8.85. The zero-order valence-corrected chi connectivity index (χ0v) is 22.4. The van der Waals surface area contributed by atoms with Gasteiger partial charge < -0.3 is 19.4 Å². The molecule has 11 heteroatoms. The SMILES string of the molecule is C[C@@H](C(=O)NCc1ccco1)N(Cc1ccccc1)C(=O)COc1ccc(S(=O)(=O)Nc2ccc(F)cc2)cc1. The van der Waals surface area contributed by atoms with Crippen molar-refractivity contribution >= 4 is 27.5 Å². The molecular formula is C29H28FN3O6S. The number of nitrogens with zero attached hydrogens (tertiary/aromatic N) is 1. The molecule has 0 aliphatic carbocycles. The lowest BCUT2D eigenvalue weighted by Gasteiger charge is -2.28. The Morgan fingerprint density at radius 1 is 0.950 bits per heavy atom. The van der Waals surface area contributed by atoms with E-state index >= 15 is 0 Å². The topological polar surface area (TPSA) is 118 Å². The predicted molar refractivity (Wildman–Crippen MR) is 146 cm³/mol. The minimum Gasteiger partial charge on any atom is -0.484 e. The fourth-order valence-electron chi connectivity index (χ4n) is 3.77. The van der Waals surface area contributed by atoms with Crippen LogP contribution in [-0.4, -0.2) is 37.8 Å². The number of hydrogen-bond acceptors (Lipinski definition) is 6. The summed E-state index contributed by atoms with van der Waals surface area (Å²) in [6.07, 6.45) is 1.51. The average molecular weight is 566 g/mol. The molecule has 0 saturated heterocycles. The van der Waals surface area contributed by atoms with Gasteiger partial charge in [0.15, 0.2) is 6.61 Å². The van der Waals surface area contributed by atoms with Crippen LogP contribution in [0, 0.1) is 5.82 Å². The molecule has 0 bridgehead atoms. The van der Waals surface area contributed by atoms with E-state index in [2.05, 4.69) is 10.0 Å². The summed E-state index contributed by atoms with van der Waals surface area (Å²) >= 11 is 0. The molecule has 1 atom stereocenters. The van der Waals surface area contributed by atoms with E-state index in [1.807, 2.05) is 30.3 Å². The number of amides is 2. The highest BCUT2D eigenvalue weighted by Gasteiger charge is 2.26. The van der Waals surface area contributed by atoms with Crippen molar-refractivity contribution in [2.45, 2.75) is 31.0 Å². The smallest absolute Gasteiger partial charge is 0.261 e. The number of anilines is 1. The number of ether oxygens (including phenoxy) is 1. The minimum atomic E-state index is -3.92. The van der Waals surface area contributed by atoms with Crippen molar-refractivity contribution < 1.29 is 31.6 Å². The van der Waals surface area contributed by atoms with Crippen molar-refractivity contribution in [3.8, 4) is 5.75 Å². The summed E-state index contributed by atoms with van der Waals surface area (Å²) in [7, 11) is -3.92. The lowest BCUT2D eigenvalue weighted by molar-refractivity contribution is -0.142. The van der Waals surface area contributed by atoms with Gasteiger partial charge in [0.05, 0.1) is 17.7 Å². The van der Waals surface area contributed by atoms with E-state index in [0.29, 0.717) is 5.76 Å². The van der Waals surface area contributed by atoms with Gasteiger partial charge in [-0.25, -0.2) is 12.8 Å². The summed E-state index contributed by atoms with van der Waals surface area (Å²) in [4.78, 5) is 27.5. The van der Waals surface area contributed by atoms with Gasteiger partial charge >= 0.3 is 0 Å². The first kappa shape index (κ1) is 28.4. The maximum absolute atomic E-state index is 13.2. The van der Waals surface area contributed by atoms with Gasteiger partial charge in [0.1, 0.15) is 23.4 Å². The number of furan rings is 1. The van der Waals surface area contributed by atoms with Crippen LogP contribution >= 0.6 is 0 Å². The third kappa shape index (κ3) is 7.70. The van der Waals surface area contributed by atoms with Crippen LogP contribution in [0.25, 0.3) is 0 Å². The first-order chi connectivity index (χ1) is 19.2. The van der Waals surface area contributed by atoms with Gasteiger partial charge in [0.2, 0.25) is 5.91 Å². The van der Waals surface area contributed by atoms with Crippen LogP contribution in [0.15, 0.2) is 107 Å². The van der Waals surface area contributed by atoms with Crippen LogP contribution in [0.4, 0.5) is 10.1 Å². The molecule has 0 aliphatic rings. The molecular weight excluding hydrogens is 537 g/mol. The monoisotopic (exact) mass is 565 g/mol. The van der Waals surface area contributed by atoms with Gasteiger partial charge in [-0.3, -0.25) is 14.3 Å². The summed E-state index contributed by atoms with van der Waals surface area (Å²) in [5, 5.41) is 2.77. The van der Waals surface area contributed by atoms with Crippen molar-refractivity contribution in [1.29, 1.82) is 0 Å². The van der Waals surface area contributed by atoms with Gasteiger partial charge in [0, 0.05) is 12.2 Å². The highest BCUT2D eigenvalue weighted by atomic mass is 32.2. The molecule has 1 heterocycles. The van der Waals surface area contributed by atoms with Crippen LogP contribution in [0.1, 0.15) is 18.2 Å². The largest absolute Gasteiger partial charge is 0.484 e. The Hall–Kier alpha value is -4.64. The second-order valence-corrected chi connectivity index (χ2v) is 10.5. The van der Waals surface area contributed by atoms with Crippen molar-refractivity contribution in [2.24, 2.45) is 0 Å². The molecule has 0 fully saturated rings. The van der Waals surface area contributed by atoms with E-state index in [0.717, 1.165) is 17.7 Å². The molecule has 0 spiro atoms. The normalized spacial score (nSPS) is 11.8. The molecule has 40 heavy (non-hydrogen) atoms. The first-order valence-electron chi connectivity index (χ1n) is 12.4. The standard InChI is InChI=1S/C29H28FN3O6S/c1-21(29(35)31-18-26-8-5-17-38-26)33(19-22-6-3-2-4-7-22)28(34)20-39-25-13-15-27(16-14-25)40(36,37)32-24-11-9-23(30)10-12-24/h2-17,21,32H,18-20H2,1H3,(H,31,35)/t21-/m0/s1. The molecule has 0 aliphatic heterocycles. The zero-order valence-electron chi connectivity index (χ0n) is 21.6. The second kappa shape index (κ2) is 12.9. The molecule has 208 valence electrons. The number of halogens is 1. The van der Waals surface area contributed by atoms with Gasteiger partial charge in [-0.05, 0) is 73.2 Å². The van der Waals surface area contributed by atoms with E-state index < -0.39 is 27.8 Å². The number of rotatable bonds is 12. The Bertz CT molecular complexity index is 1510. The van der Waals surface area contributed by atoms with Gasteiger partial charge in [-0.2, -0.15) is 0 Å². The summed E-state index contributed by atoms with van der Waals surface area (Å²) in [5.74, 6) is -0.417. The fraction of sp³-hybridized carbons (Fsp3) is 0.172. The Morgan fingerprint density at radius 2 is 1.65 bits per heavy atom. The first-order valence-corrected chi connectivity index (χ1v) is 13.8. The van der Waals surface area contributed by atoms with Gasteiger partial charge in [0.25, 0.3) is 15.9 Å². The highest BCUT2D eigenvalue weighted by Crippen LogP contribution is 2.20. The van der Waals surface area contributed by atoms with E-state index in [4.69, 9.17) is 9.15 Å². The van der Waals surface area contributed by atoms with E-state index in [9.17, 15) is 22.4 Å². The Morgan fingerprint density at radius 3 is 2.30 bits per heavy atom. The maximum Gasteiger partial charge on any atom is 0.261 e. The maximum atomic E-state index is 13.2. The Kier molecular flexibility index (Phi) is 9.18. The van der Waals surface area contributed by atoms with Crippen LogP contribution in [0.3, 0.4) is 0 Å². The average Bonchev–Trinajstić information content (AvgIpc) is 3.49. The van der Waals surface area contributed by atoms with Crippen LogP contribution in [-0.2, 0) is 32.7 Å². The Balaban J connectivity index is 1.40. The minimum absolute atomic E-state index is 0.0388. The number of benzene rings is 3. The number of nitrogens with one attached hydrogen (secondary N) is 2. The molecule has 9 nitrogen and oxygen atoms in total. The third-order valence-electron chi connectivity index (χ3n) is 5.97. The number of carbonyl (C=O) groups excluding carboxylic acids is 2. The quantitative estimate of drug-likeness (QED) is 0.264. The summed E-state index contributed by atoms with van der Waals surface area (Å²) < 4.78 is 51.7. The molecule has 2 N–H and O–H groups in total. The Labute approximate surface area is 231 Å². The lowest BCUT2D eigenvalue weighted by atomic mass is 10.1. The third-order valence-corrected chi connectivity index (χ3v) is 7.37. The fourth-order valence-corrected chi connectivity index (χ4v) is 4.83. The van der Waals surface area contributed by atoms with Crippen molar-refractivity contribution in [3.63, 3.8) is 0 Å². The number of carbonyl (C=O) groups is 2. The zero-order chi connectivity index (χ0) is 28.5. The lowest BCUT2D eigenvalue weighted by Crippen LogP contribution is -2.48. The highest BCUT2D eigenvalue weighted by molar-refractivity contribution is 7.92. The molecule has 1 aromatic heterocycles. The molecule has 3 aromatic carbocycles. The van der Waals surface area contributed by atoms with Gasteiger partial charge in [-0.1, -0.05) is 30.3 Å². The van der Waals surface area contributed by atoms with Crippen molar-refractivity contribution in [3.05, 3.63) is 114 Å². The van der Waals surface area contributed by atoms with Gasteiger partial charge in [-0.15, -0.1) is 0 Å². The summed E-state index contributed by atoms with van der Waals surface area (Å²) in [6, 6.07) is 22.3. The van der Waals surface area contributed by atoms with E-state index in [1.54, 1.807) is 19.1 Å². The molecule has 0 radical (unpaired) electrons. The van der Waals surface area contributed by atoms with Crippen molar-refractivity contribution in [2.75, 3.05) is 11.3 Å². The molecule has 4 aromatic rings. The van der Waals surface area contributed by atoms with E-state index in [-0.39, 0.29) is 41.9 Å². The molecule has 2 amide bonds. The number of hydrogen-bond donors (Lipinski definition) is 2. The number of sulfonamides is 1.